The van der Waals surface area contributed by atoms with Gasteiger partial charge in [-0.2, -0.15) is 4.98 Å². The van der Waals surface area contributed by atoms with Gasteiger partial charge >= 0.3 is 6.01 Å². The van der Waals surface area contributed by atoms with Crippen molar-refractivity contribution in [2.45, 2.75) is 46.0 Å². The number of benzene rings is 2. The molecule has 3 aromatic rings. The van der Waals surface area contributed by atoms with Crippen LogP contribution in [-0.2, 0) is 9.53 Å². The van der Waals surface area contributed by atoms with Gasteiger partial charge < -0.3 is 14.8 Å². The number of aryl methyl sites for hydroxylation is 1. The quantitative estimate of drug-likeness (QED) is 0.457. The fraction of sp³-hybridized carbons (Fsp3) is 0.423. The summed E-state index contributed by atoms with van der Waals surface area (Å²) in [5.74, 6) is 0.937. The molecule has 0 atom stereocenters. The minimum atomic E-state index is 0.119. The van der Waals surface area contributed by atoms with Crippen LogP contribution in [0.25, 0.3) is 17.1 Å². The number of carbonyl (C=O) groups excluding carboxylic acids is 1. The van der Waals surface area contributed by atoms with Crippen molar-refractivity contribution in [3.8, 4) is 23.1 Å². The van der Waals surface area contributed by atoms with E-state index in [1.54, 1.807) is 4.68 Å². The zero-order chi connectivity index (χ0) is 23.0. The highest BCUT2D eigenvalue weighted by atomic mass is 16.5. The lowest BCUT2D eigenvalue weighted by atomic mass is 9.88. The van der Waals surface area contributed by atoms with E-state index in [0.29, 0.717) is 31.7 Å². The molecular weight excluding hydrogens is 416 g/mol. The molecule has 0 radical (unpaired) electrons. The summed E-state index contributed by atoms with van der Waals surface area (Å²) in [6.07, 6.45) is 5.47. The Bertz CT molecular complexity index is 1040. The predicted molar refractivity (Wildman–Crippen MR) is 129 cm³/mol. The number of aromatic nitrogens is 3. The molecule has 0 unspecified atom stereocenters. The average molecular weight is 449 g/mol. The van der Waals surface area contributed by atoms with Crippen LogP contribution in [0.15, 0.2) is 48.5 Å². The van der Waals surface area contributed by atoms with Crippen LogP contribution in [0, 0.1) is 12.8 Å². The molecule has 33 heavy (non-hydrogen) atoms. The Kier molecular flexibility index (Phi) is 7.73. The summed E-state index contributed by atoms with van der Waals surface area (Å²) >= 11 is 0. The summed E-state index contributed by atoms with van der Waals surface area (Å²) in [6.45, 7) is 5.52. The topological polar surface area (TPSA) is 78.3 Å². The molecule has 7 heteroatoms. The molecule has 1 N–H and O–H groups in total. The first-order valence-electron chi connectivity index (χ1n) is 11.8. The van der Waals surface area contributed by atoms with Crippen molar-refractivity contribution < 1.29 is 14.3 Å². The van der Waals surface area contributed by atoms with E-state index in [2.05, 4.69) is 22.3 Å². The molecule has 1 amide bonds. The Morgan fingerprint density at radius 3 is 2.45 bits per heavy atom. The monoisotopic (exact) mass is 448 g/mol. The number of nitrogens with one attached hydrogen (secondary N) is 1. The number of rotatable bonds is 9. The van der Waals surface area contributed by atoms with Crippen LogP contribution >= 0.6 is 0 Å². The third-order valence-corrected chi connectivity index (χ3v) is 5.92. The highest BCUT2D eigenvalue weighted by Crippen LogP contribution is 2.27. The molecule has 0 spiro atoms. The average Bonchev–Trinajstić information content (AvgIpc) is 3.27. The van der Waals surface area contributed by atoms with Crippen molar-refractivity contribution in [2.24, 2.45) is 5.92 Å². The molecule has 0 bridgehead atoms. The maximum absolute atomic E-state index is 12.6. The van der Waals surface area contributed by atoms with E-state index in [1.165, 1.54) is 12.0 Å². The lowest BCUT2D eigenvalue weighted by Gasteiger charge is -2.20. The Morgan fingerprint density at radius 2 is 1.76 bits per heavy atom. The molecular formula is C26H32N4O3. The van der Waals surface area contributed by atoms with Crippen LogP contribution in [0.3, 0.4) is 0 Å². The smallest absolute Gasteiger partial charge is 0.336 e. The first kappa shape index (κ1) is 23.0. The highest BCUT2D eigenvalue weighted by molar-refractivity contribution is 5.92. The van der Waals surface area contributed by atoms with Crippen LogP contribution in [0.2, 0.25) is 0 Å². The molecule has 0 saturated heterocycles. The minimum Gasteiger partial charge on any atom is -0.460 e. The maximum atomic E-state index is 12.6. The summed E-state index contributed by atoms with van der Waals surface area (Å²) in [5.41, 5.74) is 3.76. The molecule has 4 rings (SSSR count). The summed E-state index contributed by atoms with van der Waals surface area (Å²) in [6, 6.07) is 16.1. The van der Waals surface area contributed by atoms with Gasteiger partial charge in [0, 0.05) is 23.8 Å². The molecule has 174 valence electrons. The predicted octanol–water partition coefficient (Wildman–Crippen LogP) is 5.18. The summed E-state index contributed by atoms with van der Waals surface area (Å²) < 4.78 is 12.8. The molecule has 0 aliphatic heterocycles. The van der Waals surface area contributed by atoms with Crippen LogP contribution < -0.4 is 10.1 Å². The number of hydrogen-bond donors (Lipinski definition) is 1. The van der Waals surface area contributed by atoms with Gasteiger partial charge in [-0.05, 0) is 51.0 Å². The van der Waals surface area contributed by atoms with E-state index >= 15 is 0 Å². The van der Waals surface area contributed by atoms with E-state index in [9.17, 15) is 4.79 Å². The Morgan fingerprint density at radius 1 is 1.03 bits per heavy atom. The molecule has 1 saturated carbocycles. The first-order chi connectivity index (χ1) is 16.1. The van der Waals surface area contributed by atoms with Gasteiger partial charge in [-0.3, -0.25) is 4.79 Å². The van der Waals surface area contributed by atoms with Crippen molar-refractivity contribution in [1.29, 1.82) is 0 Å². The first-order valence-corrected chi connectivity index (χ1v) is 11.8. The summed E-state index contributed by atoms with van der Waals surface area (Å²) in [4.78, 5) is 17.2. The van der Waals surface area contributed by atoms with E-state index in [1.807, 2.05) is 55.5 Å². The van der Waals surface area contributed by atoms with E-state index in [-0.39, 0.29) is 11.8 Å². The summed E-state index contributed by atoms with van der Waals surface area (Å²) in [5, 5.41) is 7.65. The van der Waals surface area contributed by atoms with Crippen molar-refractivity contribution in [1.82, 2.24) is 14.8 Å². The normalized spacial score (nSPS) is 14.2. The lowest BCUT2D eigenvalue weighted by molar-refractivity contribution is -0.120. The van der Waals surface area contributed by atoms with Gasteiger partial charge in [-0.1, -0.05) is 49.1 Å². The molecule has 1 aliphatic rings. The van der Waals surface area contributed by atoms with Gasteiger partial charge in [0.1, 0.15) is 6.61 Å². The SMILES string of the molecule is CCOCCOc1nc(-c2ccc(C)cc2)n(-c2ccc(NC(=O)C3CCCCC3)cc2)n1. The van der Waals surface area contributed by atoms with Gasteiger partial charge in [0.25, 0.3) is 0 Å². The fourth-order valence-electron chi connectivity index (χ4n) is 4.06. The Hall–Kier alpha value is -3.19. The molecule has 1 aromatic heterocycles. The molecule has 2 aromatic carbocycles. The fourth-order valence-corrected chi connectivity index (χ4v) is 4.06. The standard InChI is InChI=1S/C26H32N4O3/c1-3-32-17-18-33-26-28-24(20-11-9-19(2)10-12-20)30(29-26)23-15-13-22(14-16-23)27-25(31)21-7-5-4-6-8-21/h9-16,21H,3-8,17-18H2,1-2H3,(H,27,31). The van der Waals surface area contributed by atoms with E-state index in [4.69, 9.17) is 9.47 Å². The second kappa shape index (κ2) is 11.1. The lowest BCUT2D eigenvalue weighted by Crippen LogP contribution is -2.24. The van der Waals surface area contributed by atoms with Gasteiger partial charge in [0.15, 0.2) is 5.82 Å². The van der Waals surface area contributed by atoms with Crippen LogP contribution in [-0.4, -0.2) is 40.5 Å². The molecule has 1 heterocycles. The number of anilines is 1. The minimum absolute atomic E-state index is 0.119. The van der Waals surface area contributed by atoms with Gasteiger partial charge in [-0.25, -0.2) is 4.68 Å². The van der Waals surface area contributed by atoms with E-state index < -0.39 is 0 Å². The number of hydrogen-bond acceptors (Lipinski definition) is 5. The van der Waals surface area contributed by atoms with Gasteiger partial charge in [0.2, 0.25) is 5.91 Å². The number of carbonyl (C=O) groups is 1. The van der Waals surface area contributed by atoms with Crippen molar-refractivity contribution in [2.75, 3.05) is 25.1 Å². The Balaban J connectivity index is 1.53. The van der Waals surface area contributed by atoms with Crippen molar-refractivity contribution in [3.63, 3.8) is 0 Å². The zero-order valence-electron chi connectivity index (χ0n) is 19.4. The number of amides is 1. The largest absolute Gasteiger partial charge is 0.460 e. The van der Waals surface area contributed by atoms with E-state index in [0.717, 1.165) is 42.6 Å². The third kappa shape index (κ3) is 5.99. The number of nitrogens with zero attached hydrogens (tertiary/aromatic N) is 3. The Labute approximate surface area is 195 Å². The van der Waals surface area contributed by atoms with Gasteiger partial charge in [0.05, 0.1) is 12.3 Å². The maximum Gasteiger partial charge on any atom is 0.336 e. The molecule has 1 fully saturated rings. The third-order valence-electron chi connectivity index (χ3n) is 5.92. The summed E-state index contributed by atoms with van der Waals surface area (Å²) in [7, 11) is 0. The molecule has 7 nitrogen and oxygen atoms in total. The highest BCUT2D eigenvalue weighted by Gasteiger charge is 2.21. The van der Waals surface area contributed by atoms with Crippen molar-refractivity contribution >= 4 is 11.6 Å². The second-order valence-electron chi connectivity index (χ2n) is 8.41. The van der Waals surface area contributed by atoms with Crippen LogP contribution in [0.4, 0.5) is 5.69 Å². The van der Waals surface area contributed by atoms with Crippen LogP contribution in [0.5, 0.6) is 6.01 Å². The van der Waals surface area contributed by atoms with Gasteiger partial charge in [-0.15, -0.1) is 5.10 Å². The van der Waals surface area contributed by atoms with Crippen LogP contribution in [0.1, 0.15) is 44.6 Å². The number of ether oxygens (including phenoxy) is 2. The second-order valence-corrected chi connectivity index (χ2v) is 8.41. The zero-order valence-corrected chi connectivity index (χ0v) is 19.4. The van der Waals surface area contributed by atoms with Crippen molar-refractivity contribution in [3.05, 3.63) is 54.1 Å². The molecule has 1 aliphatic carbocycles.